The molecule has 11 heteroatoms. The molecular formula is C41H59N5O6. The highest BCUT2D eigenvalue weighted by Gasteiger charge is 2.85. The number of nitrogens with two attached hydrogens (primary N) is 1. The van der Waals surface area contributed by atoms with Crippen molar-refractivity contribution < 1.29 is 28.8 Å². The van der Waals surface area contributed by atoms with Crippen LogP contribution in [0.4, 0.5) is 0 Å². The first kappa shape index (κ1) is 38.2. The van der Waals surface area contributed by atoms with Crippen molar-refractivity contribution in [2.24, 2.45) is 51.1 Å². The number of aromatic nitrogens is 2. The highest BCUT2D eigenvalue weighted by atomic mass is 16.2. The van der Waals surface area contributed by atoms with E-state index < -0.39 is 46.9 Å². The number of nitrogens with one attached hydrogen (secondary N) is 1. The molecule has 5 atom stereocenters. The summed E-state index contributed by atoms with van der Waals surface area (Å²) in [6, 6.07) is -1.52. The topological polar surface area (TPSA) is 169 Å². The van der Waals surface area contributed by atoms with Crippen molar-refractivity contribution in [3.8, 4) is 0 Å². The predicted molar refractivity (Wildman–Crippen MR) is 194 cm³/mol. The molecule has 1 aromatic heterocycles. The minimum atomic E-state index is -1.02. The van der Waals surface area contributed by atoms with Crippen LogP contribution in [0.5, 0.6) is 0 Å². The van der Waals surface area contributed by atoms with Gasteiger partial charge in [-0.15, -0.1) is 0 Å². The van der Waals surface area contributed by atoms with E-state index in [1.165, 1.54) is 18.6 Å². The van der Waals surface area contributed by atoms with E-state index in [0.717, 1.165) is 70.6 Å². The fourth-order valence-corrected chi connectivity index (χ4v) is 11.0. The molecule has 4 aliphatic carbocycles. The molecule has 11 nitrogen and oxygen atoms in total. The lowest BCUT2D eigenvalue weighted by Gasteiger charge is -2.37. The van der Waals surface area contributed by atoms with Gasteiger partial charge in [-0.3, -0.25) is 33.8 Å². The van der Waals surface area contributed by atoms with Crippen LogP contribution in [0.3, 0.4) is 0 Å². The summed E-state index contributed by atoms with van der Waals surface area (Å²) in [6.45, 7) is 10.8. The molecule has 0 radical (unpaired) electrons. The SMILES string of the molecule is CC(C)(C)[C@H](CC(=O)[C@@H](NC(=O)c1cnccn1)C1CCCCC1)C(=O)N1C[C@]2(C[C@H]1C(=O)CC(CC1CCC1)C(=O)C(N)=O)C(C)(C)C21CCC1. The number of hydrogen-bond donors (Lipinski definition) is 2. The van der Waals surface area contributed by atoms with Crippen molar-refractivity contribution in [1.29, 1.82) is 0 Å². The fourth-order valence-electron chi connectivity index (χ4n) is 11.0. The third-order valence-electron chi connectivity index (χ3n) is 14.7. The smallest absolute Gasteiger partial charge is 0.285 e. The average molecular weight is 718 g/mol. The van der Waals surface area contributed by atoms with Crippen LogP contribution in [-0.2, 0) is 24.0 Å². The van der Waals surface area contributed by atoms with Crippen molar-refractivity contribution in [2.45, 2.75) is 143 Å². The molecule has 3 N–H and O–H groups in total. The predicted octanol–water partition coefficient (Wildman–Crippen LogP) is 5.39. The molecule has 2 spiro atoms. The number of hydrogen-bond acceptors (Lipinski definition) is 8. The second-order valence-electron chi connectivity index (χ2n) is 18.5. The van der Waals surface area contributed by atoms with Crippen molar-refractivity contribution in [3.05, 3.63) is 24.3 Å². The molecule has 5 aliphatic rings. The Bertz CT molecular complexity index is 1570. The molecule has 0 aromatic carbocycles. The Balaban J connectivity index is 1.28. The van der Waals surface area contributed by atoms with Gasteiger partial charge in [-0.05, 0) is 66.6 Å². The van der Waals surface area contributed by atoms with E-state index >= 15 is 4.79 Å². The maximum Gasteiger partial charge on any atom is 0.285 e. The quantitative estimate of drug-likeness (QED) is 0.241. The Morgan fingerprint density at radius 3 is 2.13 bits per heavy atom. The summed E-state index contributed by atoms with van der Waals surface area (Å²) >= 11 is 0. The summed E-state index contributed by atoms with van der Waals surface area (Å²) in [7, 11) is 0. The molecule has 5 fully saturated rings. The van der Waals surface area contributed by atoms with Gasteiger partial charge < -0.3 is 16.0 Å². The molecule has 3 amide bonds. The standard InChI is InChI=1S/C41H59N5O6/c1-38(2,3)28(21-32(48)33(26-13-7-6-8-14-26)45-36(51)29-23-43-17-18-44-29)37(52)46-24-41(39(4,5)40(41)15-10-16-40)22-30(46)31(47)20-27(34(49)35(42)50)19-25-11-9-12-25/h17-18,23,25-28,30,33H,6-16,19-22,24H2,1-5H3,(H2,42,50)(H,45,51)/t27?,28-,30+,33+,41-/m1/s1. The van der Waals surface area contributed by atoms with Crippen LogP contribution in [0.2, 0.25) is 0 Å². The lowest BCUT2D eigenvalue weighted by molar-refractivity contribution is -0.147. The van der Waals surface area contributed by atoms with Crippen LogP contribution in [0.1, 0.15) is 141 Å². The first-order valence-electron chi connectivity index (χ1n) is 19.8. The molecule has 1 saturated heterocycles. The Kier molecular flexibility index (Phi) is 10.6. The molecular weight excluding hydrogens is 658 g/mol. The summed E-state index contributed by atoms with van der Waals surface area (Å²) in [5, 5.41) is 2.98. The summed E-state index contributed by atoms with van der Waals surface area (Å²) in [6.07, 6.45) is 15.9. The van der Waals surface area contributed by atoms with Gasteiger partial charge in [-0.2, -0.15) is 0 Å². The maximum absolute atomic E-state index is 15.1. The highest BCUT2D eigenvalue weighted by molar-refractivity contribution is 6.36. The molecule has 0 bridgehead atoms. The number of rotatable bonds is 14. The normalized spacial score (nSPS) is 26.9. The molecule has 6 rings (SSSR count). The van der Waals surface area contributed by atoms with Gasteiger partial charge in [0, 0.05) is 49.0 Å². The maximum atomic E-state index is 15.1. The number of amides is 3. The summed E-state index contributed by atoms with van der Waals surface area (Å²) in [4.78, 5) is 92.3. The number of fused-ring (bicyclic) bond motifs is 1. The van der Waals surface area contributed by atoms with E-state index in [4.69, 9.17) is 5.73 Å². The lowest BCUT2D eigenvalue weighted by atomic mass is 9.73. The van der Waals surface area contributed by atoms with Crippen LogP contribution < -0.4 is 11.1 Å². The van der Waals surface area contributed by atoms with Crippen LogP contribution in [0.25, 0.3) is 0 Å². The summed E-state index contributed by atoms with van der Waals surface area (Å²) in [5.74, 6) is -4.11. The van der Waals surface area contributed by atoms with E-state index in [2.05, 4.69) is 29.1 Å². The molecule has 1 aromatic rings. The van der Waals surface area contributed by atoms with E-state index in [9.17, 15) is 24.0 Å². The second-order valence-corrected chi connectivity index (χ2v) is 18.5. The number of ketones is 3. The van der Waals surface area contributed by atoms with E-state index in [1.807, 2.05) is 20.8 Å². The largest absolute Gasteiger partial charge is 0.363 e. The number of primary amides is 1. The van der Waals surface area contributed by atoms with Crippen molar-refractivity contribution in [3.63, 3.8) is 0 Å². The lowest BCUT2D eigenvalue weighted by Crippen LogP contribution is -2.51. The monoisotopic (exact) mass is 717 g/mol. The Hall–Kier alpha value is -3.50. The van der Waals surface area contributed by atoms with Crippen molar-refractivity contribution in [2.75, 3.05) is 6.54 Å². The third kappa shape index (κ3) is 6.74. The van der Waals surface area contributed by atoms with Crippen LogP contribution in [-0.4, -0.2) is 68.6 Å². The molecule has 2 heterocycles. The van der Waals surface area contributed by atoms with Gasteiger partial charge in [-0.25, -0.2) is 4.98 Å². The van der Waals surface area contributed by atoms with Gasteiger partial charge in [0.1, 0.15) is 5.69 Å². The number of nitrogens with zero attached hydrogens (tertiary/aromatic N) is 3. The van der Waals surface area contributed by atoms with Crippen LogP contribution >= 0.6 is 0 Å². The zero-order valence-corrected chi connectivity index (χ0v) is 31.9. The minimum Gasteiger partial charge on any atom is -0.363 e. The zero-order valence-electron chi connectivity index (χ0n) is 31.9. The Labute approximate surface area is 308 Å². The molecule has 1 aliphatic heterocycles. The molecule has 52 heavy (non-hydrogen) atoms. The minimum absolute atomic E-state index is 0.0527. The zero-order chi connectivity index (χ0) is 37.6. The van der Waals surface area contributed by atoms with E-state index in [-0.39, 0.29) is 64.1 Å². The Morgan fingerprint density at radius 1 is 0.923 bits per heavy atom. The number of Topliss-reactive ketones (excluding diaryl/α,β-unsaturated/α-hetero) is 3. The van der Waals surface area contributed by atoms with E-state index in [0.29, 0.717) is 19.4 Å². The van der Waals surface area contributed by atoms with Crippen LogP contribution in [0, 0.1) is 45.3 Å². The molecule has 4 saturated carbocycles. The van der Waals surface area contributed by atoms with Crippen molar-refractivity contribution in [1.82, 2.24) is 20.2 Å². The number of carbonyl (C=O) groups is 6. The molecule has 1 unspecified atom stereocenters. The third-order valence-corrected chi connectivity index (χ3v) is 14.7. The van der Waals surface area contributed by atoms with Crippen molar-refractivity contribution >= 4 is 35.1 Å². The van der Waals surface area contributed by atoms with Gasteiger partial charge in [-0.1, -0.05) is 79.6 Å². The van der Waals surface area contributed by atoms with Gasteiger partial charge in [0.05, 0.1) is 18.3 Å². The van der Waals surface area contributed by atoms with E-state index in [1.54, 1.807) is 4.90 Å². The Morgan fingerprint density at radius 2 is 1.62 bits per heavy atom. The first-order valence-corrected chi connectivity index (χ1v) is 19.8. The second kappa shape index (κ2) is 14.4. The summed E-state index contributed by atoms with van der Waals surface area (Å²) in [5.41, 5.74) is 4.73. The fraction of sp³-hybridized carbons (Fsp3) is 0.756. The number of likely N-dealkylation sites (tertiary alicyclic amines) is 1. The molecule has 284 valence electrons. The van der Waals surface area contributed by atoms with Gasteiger partial charge >= 0.3 is 0 Å². The first-order chi connectivity index (χ1) is 24.5. The average Bonchev–Trinajstić information content (AvgIpc) is 3.28. The van der Waals surface area contributed by atoms with Gasteiger partial charge in [0.25, 0.3) is 11.8 Å². The van der Waals surface area contributed by atoms with Crippen LogP contribution in [0.15, 0.2) is 18.6 Å². The van der Waals surface area contributed by atoms with Gasteiger partial charge in [0.15, 0.2) is 11.6 Å². The number of carbonyl (C=O) groups excluding carboxylic acids is 6. The van der Waals surface area contributed by atoms with Gasteiger partial charge in [0.2, 0.25) is 11.7 Å². The summed E-state index contributed by atoms with van der Waals surface area (Å²) < 4.78 is 0. The highest BCUT2D eigenvalue weighted by Crippen LogP contribution is 2.88.